The van der Waals surface area contributed by atoms with E-state index in [-0.39, 0.29) is 5.12 Å². The molecule has 0 aliphatic carbocycles. The molecule has 0 radical (unpaired) electrons. The van der Waals surface area contributed by atoms with Crippen LogP contribution in [0.5, 0.6) is 0 Å². The van der Waals surface area contributed by atoms with Gasteiger partial charge >= 0.3 is 5.97 Å². The summed E-state index contributed by atoms with van der Waals surface area (Å²) in [6.07, 6.45) is 0. The van der Waals surface area contributed by atoms with Gasteiger partial charge in [0, 0.05) is 6.92 Å². The standard InChI is InChI=1S/C6H10O3S2/c1-4(7)10-11-6(2,3)5(8)9/h1-3H3,(H,8,9). The fourth-order valence-corrected chi connectivity index (χ4v) is 1.79. The molecule has 0 bridgehead atoms. The van der Waals surface area contributed by atoms with Gasteiger partial charge in [-0.05, 0) is 24.6 Å². The van der Waals surface area contributed by atoms with Gasteiger partial charge in [0.25, 0.3) is 0 Å². The van der Waals surface area contributed by atoms with Crippen molar-refractivity contribution in [2.45, 2.75) is 25.5 Å². The quantitative estimate of drug-likeness (QED) is 0.694. The molecule has 0 aromatic carbocycles. The van der Waals surface area contributed by atoms with Crippen molar-refractivity contribution in [3.63, 3.8) is 0 Å². The monoisotopic (exact) mass is 194 g/mol. The highest BCUT2D eigenvalue weighted by molar-refractivity contribution is 8.82. The summed E-state index contributed by atoms with van der Waals surface area (Å²) in [7, 11) is 2.03. The summed E-state index contributed by atoms with van der Waals surface area (Å²) in [5.41, 5.74) is 0. The smallest absolute Gasteiger partial charge is 0.320 e. The highest BCUT2D eigenvalue weighted by Gasteiger charge is 2.28. The molecule has 0 aromatic heterocycles. The van der Waals surface area contributed by atoms with Crippen LogP contribution in [0.3, 0.4) is 0 Å². The maximum Gasteiger partial charge on any atom is 0.320 e. The predicted molar refractivity (Wildman–Crippen MR) is 47.6 cm³/mol. The van der Waals surface area contributed by atoms with Crippen molar-refractivity contribution < 1.29 is 14.7 Å². The minimum atomic E-state index is -0.906. The van der Waals surface area contributed by atoms with Crippen LogP contribution in [0.15, 0.2) is 0 Å². The molecule has 0 aliphatic heterocycles. The largest absolute Gasteiger partial charge is 0.480 e. The first-order valence-electron chi connectivity index (χ1n) is 2.96. The number of carbonyl (C=O) groups excluding carboxylic acids is 1. The van der Waals surface area contributed by atoms with E-state index in [4.69, 9.17) is 5.11 Å². The van der Waals surface area contributed by atoms with E-state index in [1.165, 1.54) is 6.92 Å². The molecule has 0 atom stereocenters. The Balaban J connectivity index is 3.92. The Morgan fingerprint density at radius 3 is 2.09 bits per heavy atom. The van der Waals surface area contributed by atoms with E-state index in [2.05, 4.69) is 0 Å². The van der Waals surface area contributed by atoms with Crippen molar-refractivity contribution in [3.05, 3.63) is 0 Å². The molecule has 0 heterocycles. The molecule has 0 spiro atoms. The van der Waals surface area contributed by atoms with Crippen LogP contribution in [-0.4, -0.2) is 20.9 Å². The molecule has 1 N–H and O–H groups in total. The lowest BCUT2D eigenvalue weighted by Gasteiger charge is -2.15. The van der Waals surface area contributed by atoms with E-state index in [9.17, 15) is 9.59 Å². The Hall–Kier alpha value is -0.160. The normalized spacial score (nSPS) is 11.2. The van der Waals surface area contributed by atoms with E-state index in [1.807, 2.05) is 0 Å². The van der Waals surface area contributed by atoms with Gasteiger partial charge in [0.15, 0.2) is 5.12 Å². The number of carboxylic acid groups (broad SMARTS) is 1. The Bertz CT molecular complexity index is 177. The first-order chi connectivity index (χ1) is 4.86. The first-order valence-corrected chi connectivity index (χ1v) is 5.11. The minimum absolute atomic E-state index is 0.0793. The van der Waals surface area contributed by atoms with Crippen molar-refractivity contribution in [2.24, 2.45) is 0 Å². The first kappa shape index (κ1) is 10.8. The summed E-state index contributed by atoms with van der Waals surface area (Å²) < 4.78 is -0.893. The molecule has 0 saturated heterocycles. The molecule has 0 rings (SSSR count). The van der Waals surface area contributed by atoms with Gasteiger partial charge in [-0.25, -0.2) is 0 Å². The molecule has 11 heavy (non-hydrogen) atoms. The van der Waals surface area contributed by atoms with Gasteiger partial charge in [-0.15, -0.1) is 0 Å². The zero-order chi connectivity index (χ0) is 9.07. The molecule has 64 valence electrons. The fourth-order valence-electron chi connectivity index (χ4n) is 0.198. The van der Waals surface area contributed by atoms with Crippen LogP contribution in [0.4, 0.5) is 0 Å². The van der Waals surface area contributed by atoms with Crippen LogP contribution >= 0.6 is 21.6 Å². The van der Waals surface area contributed by atoms with Crippen LogP contribution in [0.2, 0.25) is 0 Å². The molecule has 5 heteroatoms. The second-order valence-electron chi connectivity index (χ2n) is 2.47. The molecule has 0 aliphatic rings. The predicted octanol–water partition coefficient (Wildman–Crippen LogP) is 1.78. The van der Waals surface area contributed by atoms with Gasteiger partial charge in [0.05, 0.1) is 0 Å². The van der Waals surface area contributed by atoms with Crippen molar-refractivity contribution >= 4 is 32.7 Å². The summed E-state index contributed by atoms with van der Waals surface area (Å²) in [6.45, 7) is 4.54. The lowest BCUT2D eigenvalue weighted by Crippen LogP contribution is -2.26. The third-order valence-electron chi connectivity index (χ3n) is 0.882. The lowest BCUT2D eigenvalue weighted by atomic mass is 10.2. The highest BCUT2D eigenvalue weighted by Crippen LogP contribution is 2.35. The van der Waals surface area contributed by atoms with Crippen molar-refractivity contribution in [2.75, 3.05) is 0 Å². The van der Waals surface area contributed by atoms with Gasteiger partial charge in [-0.3, -0.25) is 9.59 Å². The van der Waals surface area contributed by atoms with Crippen LogP contribution in [-0.2, 0) is 9.59 Å². The van der Waals surface area contributed by atoms with Crippen LogP contribution < -0.4 is 0 Å². The van der Waals surface area contributed by atoms with Gasteiger partial charge in [-0.2, -0.15) is 0 Å². The molecule has 0 saturated carbocycles. The van der Waals surface area contributed by atoms with Crippen LogP contribution in [0, 0.1) is 0 Å². The summed E-state index contributed by atoms with van der Waals surface area (Å²) in [6, 6.07) is 0. The average molecular weight is 194 g/mol. The van der Waals surface area contributed by atoms with E-state index < -0.39 is 10.7 Å². The number of carbonyl (C=O) groups is 2. The Morgan fingerprint density at radius 2 is 1.82 bits per heavy atom. The fraction of sp³-hybridized carbons (Fsp3) is 0.667. The second kappa shape index (κ2) is 4.01. The van der Waals surface area contributed by atoms with Gasteiger partial charge < -0.3 is 5.11 Å². The van der Waals surface area contributed by atoms with E-state index >= 15 is 0 Å². The maximum atomic E-state index is 10.5. The Kier molecular flexibility index (Phi) is 3.96. The van der Waals surface area contributed by atoms with Crippen molar-refractivity contribution in [1.29, 1.82) is 0 Å². The van der Waals surface area contributed by atoms with Crippen LogP contribution in [0.25, 0.3) is 0 Å². The molecule has 0 amide bonds. The van der Waals surface area contributed by atoms with Gasteiger partial charge in [0.1, 0.15) is 4.75 Å². The van der Waals surface area contributed by atoms with Gasteiger partial charge in [0.2, 0.25) is 0 Å². The molecule has 0 fully saturated rings. The molecular formula is C6H10O3S2. The minimum Gasteiger partial charge on any atom is -0.480 e. The third-order valence-corrected chi connectivity index (χ3v) is 4.00. The van der Waals surface area contributed by atoms with E-state index in [0.717, 1.165) is 21.6 Å². The second-order valence-corrected chi connectivity index (χ2v) is 5.40. The summed E-state index contributed by atoms with van der Waals surface area (Å²) in [4.78, 5) is 21.0. The van der Waals surface area contributed by atoms with Gasteiger partial charge in [-0.1, -0.05) is 10.8 Å². The average Bonchev–Trinajstić information content (AvgIpc) is 1.84. The van der Waals surface area contributed by atoms with E-state index in [1.54, 1.807) is 13.8 Å². The number of rotatable bonds is 3. The van der Waals surface area contributed by atoms with Crippen molar-refractivity contribution in [3.8, 4) is 0 Å². The Labute approximate surface area is 73.3 Å². The lowest BCUT2D eigenvalue weighted by molar-refractivity contribution is -0.138. The summed E-state index contributed by atoms with van der Waals surface area (Å²) >= 11 is 0. The maximum absolute atomic E-state index is 10.5. The number of hydrogen-bond donors (Lipinski definition) is 1. The zero-order valence-corrected chi connectivity index (χ0v) is 8.21. The number of hydrogen-bond acceptors (Lipinski definition) is 4. The topological polar surface area (TPSA) is 54.4 Å². The number of aliphatic carboxylic acids is 1. The number of carboxylic acids is 1. The summed E-state index contributed by atoms with van der Waals surface area (Å²) in [5.74, 6) is -0.906. The van der Waals surface area contributed by atoms with E-state index in [0.29, 0.717) is 0 Å². The molecule has 3 nitrogen and oxygen atoms in total. The molecule has 0 aromatic rings. The summed E-state index contributed by atoms with van der Waals surface area (Å²) in [5, 5.41) is 8.53. The zero-order valence-electron chi connectivity index (χ0n) is 6.58. The van der Waals surface area contributed by atoms with Crippen LogP contribution in [0.1, 0.15) is 20.8 Å². The molecular weight excluding hydrogens is 184 g/mol. The SMILES string of the molecule is CC(=O)SSC(C)(C)C(=O)O. The highest BCUT2D eigenvalue weighted by atomic mass is 33.1. The molecule has 0 unspecified atom stereocenters. The van der Waals surface area contributed by atoms with Crippen molar-refractivity contribution in [1.82, 2.24) is 0 Å². The third kappa shape index (κ3) is 4.31. The Morgan fingerprint density at radius 1 is 1.36 bits per heavy atom.